The molecule has 0 radical (unpaired) electrons. The van der Waals surface area contributed by atoms with Crippen molar-refractivity contribution < 1.29 is 4.79 Å². The molecule has 19 heavy (non-hydrogen) atoms. The molecule has 1 aromatic heterocycles. The highest BCUT2D eigenvalue weighted by Gasteiger charge is 2.14. The molecule has 0 saturated heterocycles. The average molecular weight is 329 g/mol. The number of carbonyl (C=O) groups excluding carboxylic acids is 1. The Balaban J connectivity index is 2.68. The van der Waals surface area contributed by atoms with E-state index in [1.54, 1.807) is 13.0 Å². The third-order valence-electron chi connectivity index (χ3n) is 3.04. The molecule has 106 valence electrons. The van der Waals surface area contributed by atoms with Crippen molar-refractivity contribution in [1.82, 2.24) is 10.3 Å². The van der Waals surface area contributed by atoms with Crippen LogP contribution in [0.3, 0.4) is 0 Å². The average Bonchev–Trinajstić information content (AvgIpc) is 2.34. The molecular weight excluding hydrogens is 308 g/mol. The van der Waals surface area contributed by atoms with Gasteiger partial charge in [0.05, 0.1) is 0 Å². The number of pyridine rings is 1. The molecule has 1 rings (SSSR count). The van der Waals surface area contributed by atoms with Crippen molar-refractivity contribution in [3.63, 3.8) is 0 Å². The first-order chi connectivity index (χ1) is 8.95. The summed E-state index contributed by atoms with van der Waals surface area (Å²) in [5.74, 6) is -0.314. The van der Waals surface area contributed by atoms with Crippen molar-refractivity contribution in [2.45, 2.75) is 52.5 Å². The van der Waals surface area contributed by atoms with Crippen LogP contribution in [-0.2, 0) is 0 Å². The van der Waals surface area contributed by atoms with E-state index in [4.69, 9.17) is 0 Å². The highest BCUT2D eigenvalue weighted by Crippen LogP contribution is 2.13. The zero-order chi connectivity index (χ0) is 14.4. The van der Waals surface area contributed by atoms with Gasteiger partial charge in [-0.2, -0.15) is 0 Å². The molecule has 0 spiro atoms. The van der Waals surface area contributed by atoms with Crippen LogP contribution in [0.15, 0.2) is 15.3 Å². The number of nitrogens with one attached hydrogen (secondary N) is 2. The number of aryl methyl sites for hydroxylation is 1. The zero-order valence-corrected chi connectivity index (χ0v) is 13.3. The lowest BCUT2D eigenvalue weighted by molar-refractivity contribution is 0.0936. The quantitative estimate of drug-likeness (QED) is 0.788. The third-order valence-corrected chi connectivity index (χ3v) is 3.86. The van der Waals surface area contributed by atoms with Crippen molar-refractivity contribution in [2.24, 2.45) is 0 Å². The molecule has 0 aliphatic carbocycles. The van der Waals surface area contributed by atoms with Gasteiger partial charge in [-0.05, 0) is 42.3 Å². The van der Waals surface area contributed by atoms with Gasteiger partial charge >= 0.3 is 0 Å². The van der Waals surface area contributed by atoms with Gasteiger partial charge < -0.3 is 10.3 Å². The molecule has 0 aromatic carbocycles. The van der Waals surface area contributed by atoms with E-state index in [-0.39, 0.29) is 23.1 Å². The van der Waals surface area contributed by atoms with E-state index in [1.807, 2.05) is 6.92 Å². The number of rotatable bonds is 6. The fourth-order valence-corrected chi connectivity index (χ4v) is 2.17. The smallest absolute Gasteiger partial charge is 0.261 e. The first-order valence-electron chi connectivity index (χ1n) is 6.66. The highest BCUT2D eigenvalue weighted by atomic mass is 79.9. The van der Waals surface area contributed by atoms with Crippen molar-refractivity contribution in [1.29, 1.82) is 0 Å². The number of amides is 1. The minimum Gasteiger partial charge on any atom is -0.349 e. The number of aromatic amines is 1. The SMILES string of the molecule is CCCCC[C@@H](C)NC(=O)c1cc(Br)c(C)[nH]c1=O. The van der Waals surface area contributed by atoms with Gasteiger partial charge in [-0.15, -0.1) is 0 Å². The molecule has 0 unspecified atom stereocenters. The second kappa shape index (κ2) is 7.48. The number of aromatic nitrogens is 1. The topological polar surface area (TPSA) is 62.0 Å². The first-order valence-corrected chi connectivity index (χ1v) is 7.45. The zero-order valence-electron chi connectivity index (χ0n) is 11.7. The number of hydrogen-bond donors (Lipinski definition) is 2. The van der Waals surface area contributed by atoms with E-state index in [9.17, 15) is 9.59 Å². The highest BCUT2D eigenvalue weighted by molar-refractivity contribution is 9.10. The van der Waals surface area contributed by atoms with Crippen molar-refractivity contribution >= 4 is 21.8 Å². The van der Waals surface area contributed by atoms with Crippen LogP contribution in [0.2, 0.25) is 0 Å². The van der Waals surface area contributed by atoms with Crippen LogP contribution < -0.4 is 10.9 Å². The van der Waals surface area contributed by atoms with E-state index in [2.05, 4.69) is 33.2 Å². The summed E-state index contributed by atoms with van der Waals surface area (Å²) in [6, 6.07) is 1.65. The second-order valence-corrected chi connectivity index (χ2v) is 5.71. The summed E-state index contributed by atoms with van der Waals surface area (Å²) in [5, 5.41) is 2.86. The standard InChI is InChI=1S/C14H21BrN2O2/c1-4-5-6-7-9(2)16-13(18)11-8-12(15)10(3)17-14(11)19/h8-9H,4-7H2,1-3H3,(H,16,18)(H,17,19)/t9-/m1/s1. The summed E-state index contributed by atoms with van der Waals surface area (Å²) in [6.07, 6.45) is 4.35. The Morgan fingerprint density at radius 3 is 2.79 bits per heavy atom. The van der Waals surface area contributed by atoms with Crippen LogP contribution in [0.4, 0.5) is 0 Å². The van der Waals surface area contributed by atoms with Crippen LogP contribution in [0, 0.1) is 6.92 Å². The summed E-state index contributed by atoms with van der Waals surface area (Å²) in [6.45, 7) is 5.89. The largest absolute Gasteiger partial charge is 0.349 e. The fraction of sp³-hybridized carbons (Fsp3) is 0.571. The maximum absolute atomic E-state index is 12.0. The predicted molar refractivity (Wildman–Crippen MR) is 80.6 cm³/mol. The molecule has 0 bridgehead atoms. The van der Waals surface area contributed by atoms with Crippen LogP contribution in [0.5, 0.6) is 0 Å². The third kappa shape index (κ3) is 4.82. The fourth-order valence-electron chi connectivity index (χ4n) is 1.84. The molecule has 4 nitrogen and oxygen atoms in total. The van der Waals surface area contributed by atoms with E-state index in [0.29, 0.717) is 0 Å². The molecular formula is C14H21BrN2O2. The Morgan fingerprint density at radius 1 is 1.47 bits per heavy atom. The Hall–Kier alpha value is -1.10. The van der Waals surface area contributed by atoms with Gasteiger partial charge in [-0.3, -0.25) is 9.59 Å². The van der Waals surface area contributed by atoms with Gasteiger partial charge in [0.25, 0.3) is 11.5 Å². The number of hydrogen-bond acceptors (Lipinski definition) is 2. The molecule has 0 aliphatic heterocycles. The van der Waals surface area contributed by atoms with E-state index in [0.717, 1.165) is 35.8 Å². The van der Waals surface area contributed by atoms with Gasteiger partial charge in [0.2, 0.25) is 0 Å². The number of unbranched alkanes of at least 4 members (excludes halogenated alkanes) is 2. The minimum atomic E-state index is -0.348. The lowest BCUT2D eigenvalue weighted by Crippen LogP contribution is -2.36. The van der Waals surface area contributed by atoms with Crippen molar-refractivity contribution in [2.75, 3.05) is 0 Å². The molecule has 1 atom stereocenters. The van der Waals surface area contributed by atoms with E-state index < -0.39 is 0 Å². The Labute approximate surface area is 122 Å². The summed E-state index contributed by atoms with van der Waals surface area (Å²) >= 11 is 3.32. The number of H-pyrrole nitrogens is 1. The number of halogens is 1. The molecule has 0 saturated carbocycles. The second-order valence-electron chi connectivity index (χ2n) is 4.86. The van der Waals surface area contributed by atoms with Crippen molar-refractivity contribution in [3.05, 3.63) is 32.2 Å². The summed E-state index contributed by atoms with van der Waals surface area (Å²) in [7, 11) is 0. The molecule has 1 amide bonds. The van der Waals surface area contributed by atoms with Crippen molar-refractivity contribution in [3.8, 4) is 0 Å². The normalized spacial score (nSPS) is 12.2. The van der Waals surface area contributed by atoms with Gasteiger partial charge in [0.15, 0.2) is 0 Å². The molecule has 0 aliphatic rings. The summed E-state index contributed by atoms with van der Waals surface area (Å²) in [4.78, 5) is 26.4. The van der Waals surface area contributed by atoms with Crippen LogP contribution in [-0.4, -0.2) is 16.9 Å². The lowest BCUT2D eigenvalue weighted by atomic mass is 10.1. The number of carbonyl (C=O) groups is 1. The summed E-state index contributed by atoms with van der Waals surface area (Å²) < 4.78 is 0.732. The minimum absolute atomic E-state index is 0.0820. The van der Waals surface area contributed by atoms with Crippen LogP contribution >= 0.6 is 15.9 Å². The predicted octanol–water partition coefficient (Wildman–Crippen LogP) is 3.14. The molecule has 0 fully saturated rings. The molecule has 1 aromatic rings. The van der Waals surface area contributed by atoms with E-state index in [1.165, 1.54) is 0 Å². The van der Waals surface area contributed by atoms with Crippen LogP contribution in [0.25, 0.3) is 0 Å². The Morgan fingerprint density at radius 2 is 2.16 bits per heavy atom. The van der Waals surface area contributed by atoms with E-state index >= 15 is 0 Å². The van der Waals surface area contributed by atoms with Crippen LogP contribution in [0.1, 0.15) is 55.6 Å². The first kappa shape index (κ1) is 16.0. The summed E-state index contributed by atoms with van der Waals surface area (Å²) in [5.41, 5.74) is 0.524. The molecule has 1 heterocycles. The molecule has 2 N–H and O–H groups in total. The lowest BCUT2D eigenvalue weighted by Gasteiger charge is -2.13. The van der Waals surface area contributed by atoms with Gasteiger partial charge in [-0.25, -0.2) is 0 Å². The Bertz CT molecular complexity index is 497. The van der Waals surface area contributed by atoms with Gasteiger partial charge in [-0.1, -0.05) is 26.2 Å². The maximum atomic E-state index is 12.0. The monoisotopic (exact) mass is 328 g/mol. The molecule has 5 heteroatoms. The van der Waals surface area contributed by atoms with Gasteiger partial charge in [0.1, 0.15) is 5.56 Å². The van der Waals surface area contributed by atoms with Gasteiger partial charge in [0, 0.05) is 16.2 Å². The Kier molecular flexibility index (Phi) is 6.28. The maximum Gasteiger partial charge on any atom is 0.261 e.